The third kappa shape index (κ3) is 4.40. The second-order valence-corrected chi connectivity index (χ2v) is 7.65. The first kappa shape index (κ1) is 21.3. The standard InChI is InChI=1S/C22H15F2N3O4S/c1-11(31-21(30)14-9-19(28)25-17-5-3-2-4-13(14)17)20(29)27-22-26-18(10-32-22)12-6-7-15(23)16(24)8-12/h2-11H,1H3,(H,25,28)(H,26,27,29)/t11-/m1/s1. The number of fused-ring (bicyclic) bond motifs is 1. The number of nitrogens with zero attached hydrogens (tertiary/aromatic N) is 1. The van der Waals surface area contributed by atoms with E-state index in [4.69, 9.17) is 4.74 Å². The maximum Gasteiger partial charge on any atom is 0.339 e. The van der Waals surface area contributed by atoms with Crippen LogP contribution in [-0.4, -0.2) is 27.9 Å². The number of esters is 1. The van der Waals surface area contributed by atoms with Crippen LogP contribution in [0.15, 0.2) is 58.7 Å². The number of pyridine rings is 1. The van der Waals surface area contributed by atoms with E-state index in [9.17, 15) is 23.2 Å². The summed E-state index contributed by atoms with van der Waals surface area (Å²) >= 11 is 1.07. The number of aromatic nitrogens is 2. The van der Waals surface area contributed by atoms with Gasteiger partial charge in [0.05, 0.1) is 11.3 Å². The van der Waals surface area contributed by atoms with Gasteiger partial charge < -0.3 is 9.72 Å². The van der Waals surface area contributed by atoms with Crippen LogP contribution < -0.4 is 10.9 Å². The van der Waals surface area contributed by atoms with Crippen LogP contribution in [0, 0.1) is 11.6 Å². The molecule has 2 heterocycles. The summed E-state index contributed by atoms with van der Waals surface area (Å²) in [5.41, 5.74) is 0.737. The Morgan fingerprint density at radius 3 is 2.69 bits per heavy atom. The smallest absolute Gasteiger partial charge is 0.339 e. The van der Waals surface area contributed by atoms with Gasteiger partial charge in [0, 0.05) is 27.9 Å². The van der Waals surface area contributed by atoms with Gasteiger partial charge in [-0.15, -0.1) is 11.3 Å². The molecule has 0 saturated heterocycles. The van der Waals surface area contributed by atoms with Gasteiger partial charge in [-0.25, -0.2) is 18.6 Å². The maximum atomic E-state index is 13.4. The molecule has 0 unspecified atom stereocenters. The van der Waals surface area contributed by atoms with Crippen molar-refractivity contribution < 1.29 is 23.1 Å². The average Bonchev–Trinajstić information content (AvgIpc) is 3.23. The summed E-state index contributed by atoms with van der Waals surface area (Å²) < 4.78 is 31.8. The molecule has 1 atom stereocenters. The molecule has 162 valence electrons. The van der Waals surface area contributed by atoms with Gasteiger partial charge >= 0.3 is 5.97 Å². The second kappa shape index (κ2) is 8.67. The number of carbonyl (C=O) groups is 2. The lowest BCUT2D eigenvalue weighted by atomic mass is 10.1. The van der Waals surface area contributed by atoms with Crippen LogP contribution in [0.4, 0.5) is 13.9 Å². The molecule has 0 spiro atoms. The minimum absolute atomic E-state index is 0.0406. The van der Waals surface area contributed by atoms with Crippen LogP contribution in [-0.2, 0) is 9.53 Å². The molecule has 32 heavy (non-hydrogen) atoms. The van der Waals surface area contributed by atoms with Crippen LogP contribution >= 0.6 is 11.3 Å². The number of ether oxygens (including phenoxy) is 1. The van der Waals surface area contributed by atoms with Crippen LogP contribution in [0.2, 0.25) is 0 Å². The summed E-state index contributed by atoms with van der Waals surface area (Å²) in [5.74, 6) is -3.44. The molecule has 4 aromatic rings. The van der Waals surface area contributed by atoms with Crippen molar-refractivity contribution in [2.45, 2.75) is 13.0 Å². The summed E-state index contributed by atoms with van der Waals surface area (Å²) in [6, 6.07) is 11.2. The highest BCUT2D eigenvalue weighted by atomic mass is 32.1. The van der Waals surface area contributed by atoms with E-state index < -0.39 is 35.2 Å². The Hall–Kier alpha value is -3.92. The lowest BCUT2D eigenvalue weighted by Crippen LogP contribution is -2.30. The summed E-state index contributed by atoms with van der Waals surface area (Å²) in [4.78, 5) is 43.7. The van der Waals surface area contributed by atoms with Gasteiger partial charge in [0.25, 0.3) is 5.91 Å². The maximum absolute atomic E-state index is 13.4. The number of benzene rings is 2. The Morgan fingerprint density at radius 2 is 1.91 bits per heavy atom. The molecule has 0 radical (unpaired) electrons. The van der Waals surface area contributed by atoms with E-state index in [0.717, 1.165) is 29.5 Å². The van der Waals surface area contributed by atoms with E-state index in [1.54, 1.807) is 29.6 Å². The Balaban J connectivity index is 1.46. The minimum atomic E-state index is -1.18. The fourth-order valence-electron chi connectivity index (χ4n) is 2.98. The second-order valence-electron chi connectivity index (χ2n) is 6.80. The zero-order valence-corrected chi connectivity index (χ0v) is 17.3. The fourth-order valence-corrected chi connectivity index (χ4v) is 3.70. The van der Waals surface area contributed by atoms with Gasteiger partial charge in [0.15, 0.2) is 22.9 Å². The molecule has 0 aliphatic heterocycles. The van der Waals surface area contributed by atoms with Gasteiger partial charge in [-0.2, -0.15) is 0 Å². The first-order valence-corrected chi connectivity index (χ1v) is 10.2. The number of amides is 1. The highest BCUT2D eigenvalue weighted by molar-refractivity contribution is 7.14. The van der Waals surface area contributed by atoms with Crippen molar-refractivity contribution in [3.05, 3.63) is 81.5 Å². The molecular weight excluding hydrogens is 440 g/mol. The predicted molar refractivity (Wildman–Crippen MR) is 116 cm³/mol. The molecule has 2 aromatic carbocycles. The van der Waals surface area contributed by atoms with Gasteiger partial charge in [-0.1, -0.05) is 18.2 Å². The topological polar surface area (TPSA) is 101 Å². The first-order valence-electron chi connectivity index (χ1n) is 9.36. The van der Waals surface area contributed by atoms with Crippen molar-refractivity contribution >= 4 is 39.2 Å². The minimum Gasteiger partial charge on any atom is -0.449 e. The normalized spacial score (nSPS) is 11.8. The molecule has 0 aliphatic rings. The first-order chi connectivity index (χ1) is 15.3. The van der Waals surface area contributed by atoms with E-state index in [0.29, 0.717) is 22.2 Å². The Kier molecular flexibility index (Phi) is 5.78. The van der Waals surface area contributed by atoms with Crippen LogP contribution in [0.5, 0.6) is 0 Å². The molecule has 0 bridgehead atoms. The fraction of sp³-hybridized carbons (Fsp3) is 0.0909. The zero-order chi connectivity index (χ0) is 22.8. The number of halogens is 2. The van der Waals surface area contributed by atoms with Gasteiger partial charge in [-0.05, 0) is 31.2 Å². The van der Waals surface area contributed by atoms with Gasteiger partial charge in [0.2, 0.25) is 5.56 Å². The predicted octanol–water partition coefficient (Wildman–Crippen LogP) is 4.11. The molecule has 10 heteroatoms. The lowest BCUT2D eigenvalue weighted by molar-refractivity contribution is -0.123. The van der Waals surface area contributed by atoms with Gasteiger partial charge in [-0.3, -0.25) is 14.9 Å². The number of H-pyrrole nitrogens is 1. The quantitative estimate of drug-likeness (QED) is 0.441. The number of anilines is 1. The van der Waals surface area contributed by atoms with E-state index in [-0.39, 0.29) is 10.7 Å². The molecule has 0 fully saturated rings. The van der Waals surface area contributed by atoms with Gasteiger partial charge in [0.1, 0.15) is 0 Å². The average molecular weight is 455 g/mol. The number of hydrogen-bond donors (Lipinski definition) is 2. The number of aromatic amines is 1. The van der Waals surface area contributed by atoms with Crippen LogP contribution in [0.1, 0.15) is 17.3 Å². The van der Waals surface area contributed by atoms with Crippen molar-refractivity contribution in [3.8, 4) is 11.3 Å². The molecule has 7 nitrogen and oxygen atoms in total. The lowest BCUT2D eigenvalue weighted by Gasteiger charge is -2.13. The van der Waals surface area contributed by atoms with Crippen LogP contribution in [0.3, 0.4) is 0 Å². The van der Waals surface area contributed by atoms with Crippen molar-refractivity contribution in [3.63, 3.8) is 0 Å². The SMILES string of the molecule is C[C@@H](OC(=O)c1cc(=O)[nH]c2ccccc12)C(=O)Nc1nc(-c2ccc(F)c(F)c2)cs1. The molecular formula is C22H15F2N3O4S. The number of para-hydroxylation sites is 1. The monoisotopic (exact) mass is 455 g/mol. The van der Waals surface area contributed by atoms with Crippen molar-refractivity contribution in [1.29, 1.82) is 0 Å². The van der Waals surface area contributed by atoms with E-state index >= 15 is 0 Å². The third-order valence-corrected chi connectivity index (χ3v) is 5.33. The largest absolute Gasteiger partial charge is 0.449 e. The number of hydrogen-bond acceptors (Lipinski definition) is 6. The Bertz CT molecular complexity index is 1400. The zero-order valence-electron chi connectivity index (χ0n) is 16.5. The van der Waals surface area contributed by atoms with Crippen molar-refractivity contribution in [2.24, 2.45) is 0 Å². The molecule has 1 amide bonds. The van der Waals surface area contributed by atoms with E-state index in [1.807, 2.05) is 0 Å². The van der Waals surface area contributed by atoms with Crippen molar-refractivity contribution in [1.82, 2.24) is 9.97 Å². The highest BCUT2D eigenvalue weighted by Crippen LogP contribution is 2.26. The third-order valence-electron chi connectivity index (χ3n) is 4.57. The molecule has 2 aromatic heterocycles. The van der Waals surface area contributed by atoms with E-state index in [1.165, 1.54) is 13.0 Å². The Labute approximate surface area is 183 Å². The molecule has 2 N–H and O–H groups in total. The summed E-state index contributed by atoms with van der Waals surface area (Å²) in [7, 11) is 0. The number of nitrogens with one attached hydrogen (secondary N) is 2. The molecule has 4 rings (SSSR count). The Morgan fingerprint density at radius 1 is 1.12 bits per heavy atom. The highest BCUT2D eigenvalue weighted by Gasteiger charge is 2.22. The summed E-state index contributed by atoms with van der Waals surface area (Å²) in [6.07, 6.45) is -1.18. The summed E-state index contributed by atoms with van der Waals surface area (Å²) in [5, 5.41) is 4.77. The summed E-state index contributed by atoms with van der Waals surface area (Å²) in [6.45, 7) is 1.38. The number of rotatable bonds is 5. The van der Waals surface area contributed by atoms with E-state index in [2.05, 4.69) is 15.3 Å². The van der Waals surface area contributed by atoms with Crippen molar-refractivity contribution in [2.75, 3.05) is 5.32 Å². The van der Waals surface area contributed by atoms with Crippen LogP contribution in [0.25, 0.3) is 22.2 Å². The molecule has 0 aliphatic carbocycles. The number of thiazole rings is 1. The molecule has 0 saturated carbocycles. The number of carbonyl (C=O) groups excluding carboxylic acids is 2.